The van der Waals surface area contributed by atoms with Crippen molar-refractivity contribution in [2.24, 2.45) is 0 Å². The van der Waals surface area contributed by atoms with Crippen LogP contribution in [-0.4, -0.2) is 27.6 Å². The fraction of sp³-hybridized carbons (Fsp3) is 0.150. The van der Waals surface area contributed by atoms with Gasteiger partial charge in [0, 0.05) is 22.3 Å². The number of carboxylic acid groups (broad SMARTS) is 1. The van der Waals surface area contributed by atoms with Gasteiger partial charge >= 0.3 is 5.97 Å². The lowest BCUT2D eigenvalue weighted by Crippen LogP contribution is -2.15. The van der Waals surface area contributed by atoms with Crippen LogP contribution < -0.4 is 10.6 Å². The van der Waals surface area contributed by atoms with E-state index in [4.69, 9.17) is 16.7 Å². The Hall–Kier alpha value is -3.12. The van der Waals surface area contributed by atoms with Crippen molar-refractivity contribution < 1.29 is 9.90 Å². The lowest BCUT2D eigenvalue weighted by molar-refractivity contribution is -0.134. The van der Waals surface area contributed by atoms with E-state index >= 15 is 0 Å². The largest absolute Gasteiger partial charge is 0.480 e. The SMILES string of the molecule is Cc1cc(Cl)cc(C)c1Nc1cc(-c2ccccc2)nc(NCC(=O)O)n1. The standard InChI is InChI=1S/C20H19ClN4O2/c1-12-8-15(21)9-13(2)19(12)24-17-10-16(14-6-4-3-5-7-14)23-20(25-17)22-11-18(26)27/h3-10H,11H2,1-2H3,(H,26,27)(H2,22,23,24,25). The van der Waals surface area contributed by atoms with E-state index in [1.807, 2.05) is 62.4 Å². The third-order valence-corrected chi connectivity index (χ3v) is 4.16. The minimum atomic E-state index is -0.984. The fourth-order valence-corrected chi connectivity index (χ4v) is 3.07. The summed E-state index contributed by atoms with van der Waals surface area (Å²) in [6.45, 7) is 3.66. The van der Waals surface area contributed by atoms with E-state index in [-0.39, 0.29) is 12.5 Å². The topological polar surface area (TPSA) is 87.1 Å². The number of hydrogen-bond acceptors (Lipinski definition) is 5. The first kappa shape index (κ1) is 18.7. The average Bonchev–Trinajstić information content (AvgIpc) is 2.63. The smallest absolute Gasteiger partial charge is 0.322 e. The predicted molar refractivity (Wildman–Crippen MR) is 108 cm³/mol. The number of halogens is 1. The van der Waals surface area contributed by atoms with Gasteiger partial charge in [0.15, 0.2) is 0 Å². The maximum absolute atomic E-state index is 10.9. The third kappa shape index (κ3) is 4.74. The fourth-order valence-electron chi connectivity index (χ4n) is 2.74. The summed E-state index contributed by atoms with van der Waals surface area (Å²) in [6.07, 6.45) is 0. The molecule has 0 atom stereocenters. The van der Waals surface area contributed by atoms with Gasteiger partial charge in [0.25, 0.3) is 0 Å². The van der Waals surface area contributed by atoms with Crippen molar-refractivity contribution in [1.82, 2.24) is 9.97 Å². The van der Waals surface area contributed by atoms with Crippen molar-refractivity contribution in [1.29, 1.82) is 0 Å². The number of hydrogen-bond donors (Lipinski definition) is 3. The minimum Gasteiger partial charge on any atom is -0.480 e. The third-order valence-electron chi connectivity index (χ3n) is 3.94. The van der Waals surface area contributed by atoms with Crippen molar-refractivity contribution in [2.45, 2.75) is 13.8 Å². The molecule has 0 saturated carbocycles. The highest BCUT2D eigenvalue weighted by atomic mass is 35.5. The molecule has 0 saturated heterocycles. The van der Waals surface area contributed by atoms with Gasteiger partial charge in [0.05, 0.1) is 5.69 Å². The van der Waals surface area contributed by atoms with Crippen LogP contribution in [0.25, 0.3) is 11.3 Å². The monoisotopic (exact) mass is 382 g/mol. The molecule has 0 aliphatic heterocycles. The quantitative estimate of drug-likeness (QED) is 0.575. The first-order chi connectivity index (χ1) is 12.9. The summed E-state index contributed by atoms with van der Waals surface area (Å²) < 4.78 is 0. The molecule has 0 spiro atoms. The molecular weight excluding hydrogens is 364 g/mol. The van der Waals surface area contributed by atoms with Gasteiger partial charge in [-0.1, -0.05) is 41.9 Å². The second kappa shape index (κ2) is 8.05. The van der Waals surface area contributed by atoms with Crippen LogP contribution >= 0.6 is 11.6 Å². The molecule has 0 unspecified atom stereocenters. The second-order valence-corrected chi connectivity index (χ2v) is 6.55. The van der Waals surface area contributed by atoms with Crippen LogP contribution in [0, 0.1) is 13.8 Å². The highest BCUT2D eigenvalue weighted by molar-refractivity contribution is 6.30. The number of nitrogens with one attached hydrogen (secondary N) is 2. The molecule has 0 radical (unpaired) electrons. The molecule has 3 N–H and O–H groups in total. The van der Waals surface area contributed by atoms with E-state index in [1.54, 1.807) is 0 Å². The summed E-state index contributed by atoms with van der Waals surface area (Å²) >= 11 is 6.11. The Morgan fingerprint density at radius 3 is 2.37 bits per heavy atom. The van der Waals surface area contributed by atoms with Crippen LogP contribution in [-0.2, 0) is 4.79 Å². The summed E-state index contributed by atoms with van der Waals surface area (Å²) in [4.78, 5) is 19.7. The molecule has 0 aliphatic carbocycles. The van der Waals surface area contributed by atoms with E-state index in [9.17, 15) is 4.79 Å². The van der Waals surface area contributed by atoms with Gasteiger partial charge in [0.1, 0.15) is 12.4 Å². The molecule has 1 heterocycles. The summed E-state index contributed by atoms with van der Waals surface area (Å²) in [5.74, 6) is -0.182. The normalized spacial score (nSPS) is 10.5. The number of rotatable bonds is 6. The maximum Gasteiger partial charge on any atom is 0.322 e. The molecule has 3 aromatic rings. The number of anilines is 3. The summed E-state index contributed by atoms with van der Waals surface area (Å²) in [5, 5.41) is 15.6. The first-order valence-corrected chi connectivity index (χ1v) is 8.74. The Balaban J connectivity index is 2.01. The molecule has 1 aromatic heterocycles. The number of aromatic nitrogens is 2. The average molecular weight is 383 g/mol. The van der Waals surface area contributed by atoms with E-state index in [1.165, 1.54) is 0 Å². The van der Waals surface area contributed by atoms with Crippen LogP contribution in [0.1, 0.15) is 11.1 Å². The molecule has 3 rings (SSSR count). The zero-order chi connectivity index (χ0) is 19.4. The Morgan fingerprint density at radius 1 is 1.07 bits per heavy atom. The van der Waals surface area contributed by atoms with Crippen LogP contribution in [0.5, 0.6) is 0 Å². The van der Waals surface area contributed by atoms with Crippen LogP contribution in [0.15, 0.2) is 48.5 Å². The van der Waals surface area contributed by atoms with Gasteiger partial charge in [-0.3, -0.25) is 4.79 Å². The van der Waals surface area contributed by atoms with Crippen molar-refractivity contribution in [3.05, 3.63) is 64.7 Å². The summed E-state index contributed by atoms with van der Waals surface area (Å²) in [7, 11) is 0. The van der Waals surface area contributed by atoms with E-state index < -0.39 is 5.97 Å². The van der Waals surface area contributed by atoms with Crippen molar-refractivity contribution in [3.63, 3.8) is 0 Å². The minimum absolute atomic E-state index is 0.241. The Morgan fingerprint density at radius 2 is 1.74 bits per heavy atom. The first-order valence-electron chi connectivity index (χ1n) is 8.36. The van der Waals surface area contributed by atoms with Gasteiger partial charge in [-0.15, -0.1) is 0 Å². The molecule has 2 aromatic carbocycles. The van der Waals surface area contributed by atoms with Crippen molar-refractivity contribution in [2.75, 3.05) is 17.2 Å². The molecule has 0 bridgehead atoms. The Kier molecular flexibility index (Phi) is 5.57. The van der Waals surface area contributed by atoms with Crippen LogP contribution in [0.3, 0.4) is 0 Å². The van der Waals surface area contributed by atoms with Crippen molar-refractivity contribution >= 4 is 35.0 Å². The van der Waals surface area contributed by atoms with Crippen LogP contribution in [0.4, 0.5) is 17.5 Å². The Bertz CT molecular complexity index is 954. The molecule has 0 amide bonds. The zero-order valence-electron chi connectivity index (χ0n) is 15.0. The highest BCUT2D eigenvalue weighted by Crippen LogP contribution is 2.29. The maximum atomic E-state index is 10.9. The number of aliphatic carboxylic acids is 1. The lowest BCUT2D eigenvalue weighted by Gasteiger charge is -2.15. The Labute approximate surface area is 162 Å². The molecular formula is C20H19ClN4O2. The number of nitrogens with zero attached hydrogens (tertiary/aromatic N) is 2. The van der Waals surface area contributed by atoms with Gasteiger partial charge in [-0.2, -0.15) is 4.98 Å². The van der Waals surface area contributed by atoms with Crippen LogP contribution in [0.2, 0.25) is 5.02 Å². The number of carboxylic acids is 1. The van der Waals surface area contributed by atoms with Gasteiger partial charge < -0.3 is 15.7 Å². The van der Waals surface area contributed by atoms with Gasteiger partial charge in [-0.05, 0) is 37.1 Å². The summed E-state index contributed by atoms with van der Waals surface area (Å²) in [5.41, 5.74) is 4.47. The van der Waals surface area contributed by atoms with Crippen molar-refractivity contribution in [3.8, 4) is 11.3 Å². The molecule has 138 valence electrons. The van der Waals surface area contributed by atoms with E-state index in [0.29, 0.717) is 16.5 Å². The number of benzene rings is 2. The molecule has 0 fully saturated rings. The zero-order valence-corrected chi connectivity index (χ0v) is 15.7. The van der Waals surface area contributed by atoms with Gasteiger partial charge in [0.2, 0.25) is 5.95 Å². The molecule has 6 nitrogen and oxygen atoms in total. The number of carbonyl (C=O) groups is 1. The summed E-state index contributed by atoms with van der Waals surface area (Å²) in [6, 6.07) is 15.2. The highest BCUT2D eigenvalue weighted by Gasteiger charge is 2.11. The predicted octanol–water partition coefficient (Wildman–Crippen LogP) is 4.65. The van der Waals surface area contributed by atoms with Gasteiger partial charge in [-0.25, -0.2) is 4.98 Å². The molecule has 0 aliphatic rings. The molecule has 7 heteroatoms. The number of aryl methyl sites for hydroxylation is 2. The van der Waals surface area contributed by atoms with E-state index in [0.717, 1.165) is 22.4 Å². The molecule has 27 heavy (non-hydrogen) atoms. The lowest BCUT2D eigenvalue weighted by atomic mass is 10.1. The second-order valence-electron chi connectivity index (χ2n) is 6.11. The van der Waals surface area contributed by atoms with E-state index in [2.05, 4.69) is 20.6 Å².